The topological polar surface area (TPSA) is 61.8 Å². The van der Waals surface area contributed by atoms with Gasteiger partial charge >= 0.3 is 0 Å². The van der Waals surface area contributed by atoms with Crippen molar-refractivity contribution in [2.75, 3.05) is 21.3 Å². The summed E-state index contributed by atoms with van der Waals surface area (Å²) in [6.45, 7) is 2.01. The maximum atomic E-state index is 12.9. The summed E-state index contributed by atoms with van der Waals surface area (Å²) in [6, 6.07) is 1.47. The SMILES string of the molecule is CCCCC1=C(Cl)C(=O)c2cc(OC)c(OC)c(OC)c2C1=O. The average molecular weight is 339 g/mol. The number of allylic oxidation sites excluding steroid dienone is 2. The van der Waals surface area contributed by atoms with Gasteiger partial charge in [0.25, 0.3) is 0 Å². The number of hydrogen-bond acceptors (Lipinski definition) is 5. The number of Topliss-reactive ketones (excluding diaryl/α,β-unsaturated/α-hetero) is 2. The highest BCUT2D eigenvalue weighted by molar-refractivity contribution is 6.50. The molecule has 1 aromatic carbocycles. The van der Waals surface area contributed by atoms with Crippen molar-refractivity contribution in [1.29, 1.82) is 0 Å². The standard InChI is InChI=1S/C17H19ClO5/c1-5-6-7-9-13(18)15(20)10-8-11(21-2)16(22-3)17(23-4)12(10)14(9)19/h8H,5-7H2,1-4H3. The van der Waals surface area contributed by atoms with Gasteiger partial charge in [-0.1, -0.05) is 24.9 Å². The molecular formula is C17H19ClO5. The lowest BCUT2D eigenvalue weighted by atomic mass is 9.86. The zero-order chi connectivity index (χ0) is 17.1. The van der Waals surface area contributed by atoms with Gasteiger partial charge in [-0.2, -0.15) is 0 Å². The molecule has 0 saturated heterocycles. The lowest BCUT2D eigenvalue weighted by Gasteiger charge is -2.22. The monoisotopic (exact) mass is 338 g/mol. The van der Waals surface area contributed by atoms with E-state index >= 15 is 0 Å². The molecule has 0 unspecified atom stereocenters. The van der Waals surface area contributed by atoms with Gasteiger partial charge in [-0.3, -0.25) is 9.59 Å². The molecule has 23 heavy (non-hydrogen) atoms. The zero-order valence-electron chi connectivity index (χ0n) is 13.6. The van der Waals surface area contributed by atoms with Crippen molar-refractivity contribution in [1.82, 2.24) is 0 Å². The largest absolute Gasteiger partial charge is 0.493 e. The molecule has 0 spiro atoms. The molecule has 124 valence electrons. The van der Waals surface area contributed by atoms with Crippen molar-refractivity contribution >= 4 is 23.2 Å². The van der Waals surface area contributed by atoms with E-state index in [4.69, 9.17) is 25.8 Å². The van der Waals surface area contributed by atoms with E-state index in [1.54, 1.807) is 0 Å². The summed E-state index contributed by atoms with van der Waals surface area (Å²) < 4.78 is 15.9. The number of unbranched alkanes of at least 4 members (excludes halogenated alkanes) is 1. The van der Waals surface area contributed by atoms with Crippen LogP contribution in [0.2, 0.25) is 0 Å². The third-order valence-corrected chi connectivity index (χ3v) is 4.22. The lowest BCUT2D eigenvalue weighted by Crippen LogP contribution is -2.21. The Labute approximate surface area is 140 Å². The Hall–Kier alpha value is -2.01. The molecular weight excluding hydrogens is 320 g/mol. The number of ether oxygens (including phenoxy) is 3. The molecule has 6 heteroatoms. The highest BCUT2D eigenvalue weighted by atomic mass is 35.5. The molecule has 5 nitrogen and oxygen atoms in total. The minimum atomic E-state index is -0.397. The van der Waals surface area contributed by atoms with Crippen LogP contribution in [0.15, 0.2) is 16.7 Å². The fourth-order valence-electron chi connectivity index (χ4n) is 2.64. The second-order valence-corrected chi connectivity index (χ2v) is 5.50. The fourth-order valence-corrected chi connectivity index (χ4v) is 2.93. The van der Waals surface area contributed by atoms with Crippen LogP contribution in [-0.2, 0) is 0 Å². The van der Waals surface area contributed by atoms with Crippen LogP contribution >= 0.6 is 11.6 Å². The normalized spacial score (nSPS) is 14.0. The zero-order valence-corrected chi connectivity index (χ0v) is 14.4. The third kappa shape index (κ3) is 2.81. The van der Waals surface area contributed by atoms with Crippen LogP contribution in [0.5, 0.6) is 17.2 Å². The molecule has 0 radical (unpaired) electrons. The predicted molar refractivity (Wildman–Crippen MR) is 87.2 cm³/mol. The first-order valence-corrected chi connectivity index (χ1v) is 7.70. The van der Waals surface area contributed by atoms with Gasteiger partial charge in [0, 0.05) is 11.1 Å². The number of halogens is 1. The molecule has 1 aliphatic carbocycles. The van der Waals surface area contributed by atoms with Crippen LogP contribution in [0.3, 0.4) is 0 Å². The Bertz CT molecular complexity index is 691. The van der Waals surface area contributed by atoms with Crippen molar-refractivity contribution in [3.8, 4) is 17.2 Å². The minimum Gasteiger partial charge on any atom is -0.493 e. The number of ketones is 2. The van der Waals surface area contributed by atoms with Gasteiger partial charge in [-0.15, -0.1) is 0 Å². The Morgan fingerprint density at radius 2 is 1.65 bits per heavy atom. The number of hydrogen-bond donors (Lipinski definition) is 0. The van der Waals surface area contributed by atoms with Crippen LogP contribution in [-0.4, -0.2) is 32.9 Å². The fraction of sp³-hybridized carbons (Fsp3) is 0.412. The first-order valence-electron chi connectivity index (χ1n) is 7.32. The van der Waals surface area contributed by atoms with Gasteiger partial charge in [0.05, 0.1) is 31.9 Å². The Morgan fingerprint density at radius 1 is 1.00 bits per heavy atom. The first-order chi connectivity index (χ1) is 11.0. The first kappa shape index (κ1) is 17.3. The van der Waals surface area contributed by atoms with Gasteiger partial charge in [-0.25, -0.2) is 0 Å². The molecule has 0 bridgehead atoms. The number of methoxy groups -OCH3 is 3. The van der Waals surface area contributed by atoms with E-state index in [9.17, 15) is 9.59 Å². The van der Waals surface area contributed by atoms with Crippen molar-refractivity contribution in [3.63, 3.8) is 0 Å². The summed E-state index contributed by atoms with van der Waals surface area (Å²) >= 11 is 6.15. The quantitative estimate of drug-likeness (QED) is 0.790. The average Bonchev–Trinajstić information content (AvgIpc) is 2.57. The van der Waals surface area contributed by atoms with E-state index in [2.05, 4.69) is 0 Å². The third-order valence-electron chi connectivity index (χ3n) is 3.82. The van der Waals surface area contributed by atoms with Gasteiger partial charge in [0.2, 0.25) is 11.5 Å². The summed E-state index contributed by atoms with van der Waals surface area (Å²) in [6.07, 6.45) is 2.12. The highest BCUT2D eigenvalue weighted by Crippen LogP contribution is 2.46. The molecule has 0 aromatic heterocycles. The summed E-state index contributed by atoms with van der Waals surface area (Å²) in [5.74, 6) is 0.0920. The van der Waals surface area contributed by atoms with E-state index in [-0.39, 0.29) is 33.4 Å². The van der Waals surface area contributed by atoms with E-state index in [0.29, 0.717) is 17.7 Å². The summed E-state index contributed by atoms with van der Waals surface area (Å²) in [4.78, 5) is 25.4. The molecule has 1 aliphatic rings. The summed E-state index contributed by atoms with van der Waals surface area (Å²) in [5.41, 5.74) is 0.692. The second-order valence-electron chi connectivity index (χ2n) is 5.12. The van der Waals surface area contributed by atoms with E-state index in [0.717, 1.165) is 12.8 Å². The van der Waals surface area contributed by atoms with Crippen molar-refractivity contribution in [3.05, 3.63) is 27.8 Å². The smallest absolute Gasteiger partial charge is 0.205 e. The Morgan fingerprint density at radius 3 is 2.17 bits per heavy atom. The Kier molecular flexibility index (Phi) is 5.31. The molecule has 2 rings (SSSR count). The van der Waals surface area contributed by atoms with Gasteiger partial charge < -0.3 is 14.2 Å². The lowest BCUT2D eigenvalue weighted by molar-refractivity contribution is 0.0974. The van der Waals surface area contributed by atoms with Gasteiger partial charge in [-0.05, 0) is 18.9 Å². The van der Waals surface area contributed by atoms with Crippen molar-refractivity contribution < 1.29 is 23.8 Å². The van der Waals surface area contributed by atoms with Gasteiger partial charge in [0.15, 0.2) is 17.3 Å². The number of benzene rings is 1. The highest BCUT2D eigenvalue weighted by Gasteiger charge is 2.36. The van der Waals surface area contributed by atoms with Crippen LogP contribution in [0.25, 0.3) is 0 Å². The maximum absolute atomic E-state index is 12.9. The van der Waals surface area contributed by atoms with Crippen molar-refractivity contribution in [2.24, 2.45) is 0 Å². The van der Waals surface area contributed by atoms with Crippen LogP contribution in [0, 0.1) is 0 Å². The summed E-state index contributed by atoms with van der Waals surface area (Å²) in [5, 5.41) is -0.0229. The van der Waals surface area contributed by atoms with Crippen LogP contribution in [0.1, 0.15) is 46.9 Å². The number of carbonyl (C=O) groups excluding carboxylic acids is 2. The van der Waals surface area contributed by atoms with E-state index in [1.807, 2.05) is 6.92 Å². The van der Waals surface area contributed by atoms with E-state index < -0.39 is 5.78 Å². The second kappa shape index (κ2) is 7.04. The molecule has 0 atom stereocenters. The molecule has 0 N–H and O–H groups in total. The predicted octanol–water partition coefficient (Wildman–Crippen LogP) is 3.77. The van der Waals surface area contributed by atoms with E-state index in [1.165, 1.54) is 27.4 Å². The summed E-state index contributed by atoms with van der Waals surface area (Å²) in [7, 11) is 4.31. The number of carbonyl (C=O) groups is 2. The minimum absolute atomic E-state index is 0.0229. The molecule has 0 fully saturated rings. The Balaban J connectivity index is 2.71. The number of fused-ring (bicyclic) bond motifs is 1. The molecule has 0 saturated carbocycles. The molecule has 0 aliphatic heterocycles. The maximum Gasteiger partial charge on any atom is 0.205 e. The van der Waals surface area contributed by atoms with Crippen LogP contribution in [0.4, 0.5) is 0 Å². The molecule has 0 heterocycles. The van der Waals surface area contributed by atoms with Crippen molar-refractivity contribution in [2.45, 2.75) is 26.2 Å². The molecule has 1 aromatic rings. The van der Waals surface area contributed by atoms with Crippen LogP contribution < -0.4 is 14.2 Å². The van der Waals surface area contributed by atoms with Gasteiger partial charge in [0.1, 0.15) is 0 Å². The number of rotatable bonds is 6. The molecule has 0 amide bonds.